The van der Waals surface area contributed by atoms with Gasteiger partial charge >= 0.3 is 0 Å². The molecule has 1 saturated heterocycles. The number of benzene rings is 2. The number of aryl methyl sites for hydroxylation is 1. The van der Waals surface area contributed by atoms with Gasteiger partial charge in [-0.1, -0.05) is 42.0 Å². The molecule has 3 aromatic rings. The lowest BCUT2D eigenvalue weighted by molar-refractivity contribution is -0.133. The van der Waals surface area contributed by atoms with Crippen LogP contribution in [-0.4, -0.2) is 48.6 Å². The van der Waals surface area contributed by atoms with E-state index in [1.54, 1.807) is 35.6 Å². The summed E-state index contributed by atoms with van der Waals surface area (Å²) in [5.41, 5.74) is 2.40. The number of carbonyl (C=O) groups excluding carboxylic acids is 1. The van der Waals surface area contributed by atoms with Crippen LogP contribution < -0.4 is 9.64 Å². The van der Waals surface area contributed by atoms with E-state index in [9.17, 15) is 4.79 Å². The highest BCUT2D eigenvalue weighted by atomic mass is 35.5. The fourth-order valence-electron chi connectivity index (χ4n) is 3.33. The molecule has 1 aromatic heterocycles. The van der Waals surface area contributed by atoms with Gasteiger partial charge in [-0.2, -0.15) is 0 Å². The van der Waals surface area contributed by atoms with Crippen LogP contribution in [0.2, 0.25) is 5.02 Å². The first-order valence-electron chi connectivity index (χ1n) is 9.43. The molecule has 0 N–H and O–H groups in total. The summed E-state index contributed by atoms with van der Waals surface area (Å²) in [6, 6.07) is 13.4. The SMILES string of the molecule is CCc1cccc2sc(N3CCN(C(=O)COc4ccc(Cl)cc4)CC3)nc12. The zero-order valence-electron chi connectivity index (χ0n) is 15.7. The van der Waals surface area contributed by atoms with E-state index in [-0.39, 0.29) is 12.5 Å². The molecule has 7 heteroatoms. The zero-order valence-corrected chi connectivity index (χ0v) is 17.3. The van der Waals surface area contributed by atoms with E-state index in [2.05, 4.69) is 30.0 Å². The zero-order chi connectivity index (χ0) is 19.5. The van der Waals surface area contributed by atoms with Crippen LogP contribution in [0.4, 0.5) is 5.13 Å². The van der Waals surface area contributed by atoms with E-state index in [4.69, 9.17) is 21.3 Å². The first-order valence-corrected chi connectivity index (χ1v) is 10.6. The van der Waals surface area contributed by atoms with Crippen LogP contribution >= 0.6 is 22.9 Å². The Morgan fingerprint density at radius 1 is 1.14 bits per heavy atom. The summed E-state index contributed by atoms with van der Waals surface area (Å²) >= 11 is 7.59. The normalized spacial score (nSPS) is 14.5. The quantitative estimate of drug-likeness (QED) is 0.625. The topological polar surface area (TPSA) is 45.7 Å². The highest BCUT2D eigenvalue weighted by molar-refractivity contribution is 7.22. The number of thiazole rings is 1. The number of hydrogen-bond acceptors (Lipinski definition) is 5. The van der Waals surface area contributed by atoms with Gasteiger partial charge in [0.2, 0.25) is 0 Å². The van der Waals surface area contributed by atoms with Crippen molar-refractivity contribution in [1.82, 2.24) is 9.88 Å². The van der Waals surface area contributed by atoms with Gasteiger partial charge in [-0.15, -0.1) is 0 Å². The number of piperazine rings is 1. The number of rotatable bonds is 5. The number of amides is 1. The molecule has 2 heterocycles. The molecule has 28 heavy (non-hydrogen) atoms. The molecule has 2 aromatic carbocycles. The Labute approximate surface area is 173 Å². The summed E-state index contributed by atoms with van der Waals surface area (Å²) in [6.45, 7) is 5.13. The maximum atomic E-state index is 12.4. The summed E-state index contributed by atoms with van der Waals surface area (Å²) in [7, 11) is 0. The van der Waals surface area contributed by atoms with E-state index in [1.165, 1.54) is 10.3 Å². The van der Waals surface area contributed by atoms with Crippen molar-refractivity contribution in [3.05, 3.63) is 53.1 Å². The number of hydrogen-bond donors (Lipinski definition) is 0. The van der Waals surface area contributed by atoms with Crippen LogP contribution in [0.25, 0.3) is 10.2 Å². The molecular weight excluding hydrogens is 394 g/mol. The summed E-state index contributed by atoms with van der Waals surface area (Å²) in [4.78, 5) is 21.4. The summed E-state index contributed by atoms with van der Waals surface area (Å²) < 4.78 is 6.81. The highest BCUT2D eigenvalue weighted by Crippen LogP contribution is 2.31. The molecule has 0 radical (unpaired) electrons. The fourth-order valence-corrected chi connectivity index (χ4v) is 4.52. The fraction of sp³-hybridized carbons (Fsp3) is 0.333. The first-order chi connectivity index (χ1) is 13.6. The van der Waals surface area contributed by atoms with Crippen molar-refractivity contribution in [1.29, 1.82) is 0 Å². The second-order valence-electron chi connectivity index (χ2n) is 6.72. The molecular formula is C21H22ClN3O2S. The van der Waals surface area contributed by atoms with Crippen LogP contribution in [0, 0.1) is 0 Å². The monoisotopic (exact) mass is 415 g/mol. The van der Waals surface area contributed by atoms with Crippen LogP contribution in [-0.2, 0) is 11.2 Å². The summed E-state index contributed by atoms with van der Waals surface area (Å²) in [5.74, 6) is 0.657. The minimum atomic E-state index is 0.00664. The van der Waals surface area contributed by atoms with E-state index in [1.807, 2.05) is 4.90 Å². The highest BCUT2D eigenvalue weighted by Gasteiger charge is 2.23. The van der Waals surface area contributed by atoms with Gasteiger partial charge in [-0.3, -0.25) is 4.79 Å². The van der Waals surface area contributed by atoms with Gasteiger partial charge in [0, 0.05) is 31.2 Å². The number of fused-ring (bicyclic) bond motifs is 1. The third-order valence-electron chi connectivity index (χ3n) is 4.95. The molecule has 4 rings (SSSR count). The Morgan fingerprint density at radius 2 is 1.89 bits per heavy atom. The van der Waals surface area contributed by atoms with Crippen molar-refractivity contribution in [2.45, 2.75) is 13.3 Å². The molecule has 146 valence electrons. The van der Waals surface area contributed by atoms with Crippen LogP contribution in [0.3, 0.4) is 0 Å². The smallest absolute Gasteiger partial charge is 0.260 e. The molecule has 1 aliphatic heterocycles. The second-order valence-corrected chi connectivity index (χ2v) is 8.17. The van der Waals surface area contributed by atoms with Crippen LogP contribution in [0.1, 0.15) is 12.5 Å². The van der Waals surface area contributed by atoms with Crippen molar-refractivity contribution in [3.63, 3.8) is 0 Å². The number of ether oxygens (including phenoxy) is 1. The number of aromatic nitrogens is 1. The van der Waals surface area contributed by atoms with Gasteiger partial charge in [0.15, 0.2) is 11.7 Å². The summed E-state index contributed by atoms with van der Waals surface area (Å²) in [6.07, 6.45) is 0.983. The third kappa shape index (κ3) is 4.08. The number of anilines is 1. The van der Waals surface area contributed by atoms with Crippen molar-refractivity contribution in [2.24, 2.45) is 0 Å². The predicted octanol–water partition coefficient (Wildman–Crippen LogP) is 4.24. The molecule has 5 nitrogen and oxygen atoms in total. The Morgan fingerprint density at radius 3 is 2.61 bits per heavy atom. The van der Waals surface area contributed by atoms with Crippen LogP contribution in [0.15, 0.2) is 42.5 Å². The average molecular weight is 416 g/mol. The van der Waals surface area contributed by atoms with E-state index in [0.29, 0.717) is 23.9 Å². The lowest BCUT2D eigenvalue weighted by Gasteiger charge is -2.34. The third-order valence-corrected chi connectivity index (χ3v) is 6.28. The molecule has 0 atom stereocenters. The standard InChI is InChI=1S/C21H22ClN3O2S/c1-2-15-4-3-5-18-20(15)23-21(28-18)25-12-10-24(11-13-25)19(26)14-27-17-8-6-16(22)7-9-17/h3-9H,2,10-14H2,1H3. The van der Waals surface area contributed by atoms with Gasteiger partial charge in [0.05, 0.1) is 10.2 Å². The molecule has 1 fully saturated rings. The van der Waals surface area contributed by atoms with E-state index in [0.717, 1.165) is 30.2 Å². The molecule has 0 unspecified atom stereocenters. The maximum absolute atomic E-state index is 12.4. The van der Waals surface area contributed by atoms with Crippen molar-refractivity contribution < 1.29 is 9.53 Å². The molecule has 1 amide bonds. The van der Waals surface area contributed by atoms with Crippen molar-refractivity contribution in [3.8, 4) is 5.75 Å². The first kappa shape index (κ1) is 19.0. The Bertz CT molecular complexity index is 965. The van der Waals surface area contributed by atoms with E-state index < -0.39 is 0 Å². The van der Waals surface area contributed by atoms with Gasteiger partial charge in [-0.25, -0.2) is 4.98 Å². The number of halogens is 1. The lowest BCUT2D eigenvalue weighted by Crippen LogP contribution is -2.50. The van der Waals surface area contributed by atoms with Crippen molar-refractivity contribution >= 4 is 44.2 Å². The Kier molecular flexibility index (Phi) is 5.69. The lowest BCUT2D eigenvalue weighted by atomic mass is 10.1. The molecule has 1 aliphatic rings. The van der Waals surface area contributed by atoms with Gasteiger partial charge in [-0.05, 0) is 42.3 Å². The number of carbonyl (C=O) groups is 1. The minimum Gasteiger partial charge on any atom is -0.484 e. The molecule has 0 spiro atoms. The summed E-state index contributed by atoms with van der Waals surface area (Å²) in [5, 5.41) is 1.69. The Hall–Kier alpha value is -2.31. The molecule has 0 bridgehead atoms. The predicted molar refractivity (Wildman–Crippen MR) is 115 cm³/mol. The number of nitrogens with zero attached hydrogens (tertiary/aromatic N) is 3. The second kappa shape index (κ2) is 8.37. The largest absolute Gasteiger partial charge is 0.484 e. The van der Waals surface area contributed by atoms with Gasteiger partial charge < -0.3 is 14.5 Å². The number of para-hydroxylation sites is 1. The van der Waals surface area contributed by atoms with Gasteiger partial charge in [0.25, 0.3) is 5.91 Å². The van der Waals surface area contributed by atoms with Crippen molar-refractivity contribution in [2.75, 3.05) is 37.7 Å². The minimum absolute atomic E-state index is 0.00664. The molecule has 0 saturated carbocycles. The average Bonchev–Trinajstić information content (AvgIpc) is 3.17. The molecule has 0 aliphatic carbocycles. The maximum Gasteiger partial charge on any atom is 0.260 e. The van der Waals surface area contributed by atoms with E-state index >= 15 is 0 Å². The Balaban J connectivity index is 1.34. The van der Waals surface area contributed by atoms with Gasteiger partial charge in [0.1, 0.15) is 5.75 Å². The van der Waals surface area contributed by atoms with Crippen LogP contribution in [0.5, 0.6) is 5.75 Å².